The largest absolute Gasteiger partial charge is 0.317 e. The second kappa shape index (κ2) is 9.27. The Labute approximate surface area is 67.6 Å². The smallest absolute Gasteiger partial charge is 0.0258 e. The zero-order valence-corrected chi connectivity index (χ0v) is 7.08. The van der Waals surface area contributed by atoms with Gasteiger partial charge in [-0.05, 0) is 37.9 Å². The molecule has 0 rings (SSSR count). The van der Waals surface area contributed by atoms with Gasteiger partial charge in [0.1, 0.15) is 0 Å². The molecule has 4 nitrogen and oxygen atoms in total. The van der Waals surface area contributed by atoms with Crippen LogP contribution in [0.15, 0.2) is 5.11 Å². The summed E-state index contributed by atoms with van der Waals surface area (Å²) in [6, 6.07) is 0. The lowest BCUT2D eigenvalue weighted by molar-refractivity contribution is 0.620. The van der Waals surface area contributed by atoms with Gasteiger partial charge in [0.2, 0.25) is 0 Å². The fourth-order valence-corrected chi connectivity index (χ4v) is 0.779. The van der Waals surface area contributed by atoms with Crippen LogP contribution in [0, 0.1) is 0 Å². The third-order valence-electron chi connectivity index (χ3n) is 1.35. The summed E-state index contributed by atoms with van der Waals surface area (Å²) >= 11 is 0. The third-order valence-corrected chi connectivity index (χ3v) is 1.35. The van der Waals surface area contributed by atoms with E-state index in [0.717, 1.165) is 25.9 Å². The van der Waals surface area contributed by atoms with Crippen LogP contribution in [0.3, 0.4) is 0 Å². The van der Waals surface area contributed by atoms with Crippen LogP contribution < -0.4 is 5.32 Å². The van der Waals surface area contributed by atoms with Crippen LogP contribution >= 0.6 is 0 Å². The van der Waals surface area contributed by atoms with Gasteiger partial charge in [0.15, 0.2) is 0 Å². The van der Waals surface area contributed by atoms with Gasteiger partial charge in [-0.2, -0.15) is 0 Å². The monoisotopic (exact) mass is 156 g/mol. The van der Waals surface area contributed by atoms with Crippen molar-refractivity contribution in [3.05, 3.63) is 10.4 Å². The molecular weight excluding hydrogens is 140 g/mol. The van der Waals surface area contributed by atoms with Crippen LogP contribution in [0.4, 0.5) is 0 Å². The first kappa shape index (κ1) is 10.3. The minimum atomic E-state index is 0.629. The number of unbranched alkanes of at least 4 members (excludes halogenated alkanes) is 1. The number of nitrogens with zero attached hydrogens (tertiary/aromatic N) is 3. The van der Waals surface area contributed by atoms with Gasteiger partial charge in [-0.15, -0.1) is 0 Å². The fourth-order valence-electron chi connectivity index (χ4n) is 0.779. The second-order valence-corrected chi connectivity index (χ2v) is 2.41. The molecule has 0 aliphatic rings. The van der Waals surface area contributed by atoms with Crippen LogP contribution in [0.25, 0.3) is 10.4 Å². The molecule has 0 aliphatic heterocycles. The summed E-state index contributed by atoms with van der Waals surface area (Å²) in [6.45, 7) is 4.90. The maximum Gasteiger partial charge on any atom is 0.0258 e. The Bertz CT molecular complexity index is 118. The Kier molecular flexibility index (Phi) is 8.65. The first-order valence-electron chi connectivity index (χ1n) is 4.13. The van der Waals surface area contributed by atoms with Gasteiger partial charge in [0, 0.05) is 11.5 Å². The number of hydrogen-bond donors (Lipinski definition) is 1. The molecule has 64 valence electrons. The summed E-state index contributed by atoms with van der Waals surface area (Å²) < 4.78 is 0. The van der Waals surface area contributed by atoms with Crippen LogP contribution in [-0.4, -0.2) is 19.6 Å². The van der Waals surface area contributed by atoms with Crippen LogP contribution in [-0.2, 0) is 0 Å². The maximum absolute atomic E-state index is 7.95. The zero-order chi connectivity index (χ0) is 8.36. The average molecular weight is 156 g/mol. The molecule has 0 saturated heterocycles. The highest BCUT2D eigenvalue weighted by Crippen LogP contribution is 1.87. The SMILES string of the molecule is CCCNCCCCN=[N+]=[N-]. The number of hydrogen-bond acceptors (Lipinski definition) is 2. The predicted molar refractivity (Wildman–Crippen MR) is 46.4 cm³/mol. The van der Waals surface area contributed by atoms with E-state index in [4.69, 9.17) is 5.53 Å². The lowest BCUT2D eigenvalue weighted by Gasteiger charge is -1.99. The van der Waals surface area contributed by atoms with Crippen molar-refractivity contribution in [2.75, 3.05) is 19.6 Å². The van der Waals surface area contributed by atoms with Gasteiger partial charge in [0.05, 0.1) is 0 Å². The molecule has 0 aromatic carbocycles. The molecule has 0 aromatic rings. The van der Waals surface area contributed by atoms with Gasteiger partial charge in [0.25, 0.3) is 0 Å². The number of nitrogens with one attached hydrogen (secondary N) is 1. The van der Waals surface area contributed by atoms with Crippen molar-refractivity contribution in [3.63, 3.8) is 0 Å². The molecule has 0 bridgehead atoms. The van der Waals surface area contributed by atoms with E-state index in [-0.39, 0.29) is 0 Å². The van der Waals surface area contributed by atoms with E-state index in [1.165, 1.54) is 6.42 Å². The van der Waals surface area contributed by atoms with Crippen molar-refractivity contribution in [2.24, 2.45) is 5.11 Å². The van der Waals surface area contributed by atoms with Gasteiger partial charge in [-0.3, -0.25) is 0 Å². The topological polar surface area (TPSA) is 60.8 Å². The molecule has 0 heterocycles. The Hall–Kier alpha value is -0.730. The lowest BCUT2D eigenvalue weighted by atomic mass is 10.3. The highest BCUT2D eigenvalue weighted by atomic mass is 15.1. The minimum Gasteiger partial charge on any atom is -0.317 e. The molecule has 0 aliphatic carbocycles. The molecule has 0 radical (unpaired) electrons. The Balaban J connectivity index is 2.84. The summed E-state index contributed by atoms with van der Waals surface area (Å²) in [5.74, 6) is 0. The molecule has 1 N–H and O–H groups in total. The highest BCUT2D eigenvalue weighted by Gasteiger charge is 1.85. The standard InChI is InChI=1S/C7H16N4/c1-2-5-9-6-3-4-7-10-11-8/h9H,2-7H2,1H3. The number of azide groups is 1. The van der Waals surface area contributed by atoms with Gasteiger partial charge in [-0.1, -0.05) is 12.0 Å². The second-order valence-electron chi connectivity index (χ2n) is 2.41. The molecule has 0 fully saturated rings. The van der Waals surface area contributed by atoms with Crippen molar-refractivity contribution >= 4 is 0 Å². The predicted octanol–water partition coefficient (Wildman–Crippen LogP) is 2.08. The molecule has 0 amide bonds. The summed E-state index contributed by atoms with van der Waals surface area (Å²) in [7, 11) is 0. The van der Waals surface area contributed by atoms with Crippen molar-refractivity contribution < 1.29 is 0 Å². The molecule has 0 saturated carbocycles. The van der Waals surface area contributed by atoms with Crippen molar-refractivity contribution in [1.29, 1.82) is 0 Å². The van der Waals surface area contributed by atoms with E-state index in [2.05, 4.69) is 22.3 Å². The van der Waals surface area contributed by atoms with Crippen LogP contribution in [0.2, 0.25) is 0 Å². The fraction of sp³-hybridized carbons (Fsp3) is 1.00. The quantitative estimate of drug-likeness (QED) is 0.261. The molecular formula is C7H16N4. The van der Waals surface area contributed by atoms with Crippen LogP contribution in [0.5, 0.6) is 0 Å². The summed E-state index contributed by atoms with van der Waals surface area (Å²) in [5.41, 5.74) is 7.95. The highest BCUT2D eigenvalue weighted by molar-refractivity contribution is 4.50. The molecule has 0 spiro atoms. The first-order chi connectivity index (χ1) is 5.41. The van der Waals surface area contributed by atoms with Crippen LogP contribution in [0.1, 0.15) is 26.2 Å². The molecule has 4 heteroatoms. The first-order valence-corrected chi connectivity index (χ1v) is 4.13. The van der Waals surface area contributed by atoms with Gasteiger partial charge in [-0.25, -0.2) is 0 Å². The molecule has 0 aromatic heterocycles. The minimum absolute atomic E-state index is 0.629. The van der Waals surface area contributed by atoms with E-state index in [9.17, 15) is 0 Å². The molecule has 11 heavy (non-hydrogen) atoms. The molecule has 0 unspecified atom stereocenters. The summed E-state index contributed by atoms with van der Waals surface area (Å²) in [4.78, 5) is 2.67. The summed E-state index contributed by atoms with van der Waals surface area (Å²) in [5, 5.41) is 6.72. The van der Waals surface area contributed by atoms with Gasteiger partial charge >= 0.3 is 0 Å². The van der Waals surface area contributed by atoms with Crippen molar-refractivity contribution in [1.82, 2.24) is 5.32 Å². The van der Waals surface area contributed by atoms with Crippen molar-refractivity contribution in [3.8, 4) is 0 Å². The van der Waals surface area contributed by atoms with E-state index < -0.39 is 0 Å². The normalized spacial score (nSPS) is 9.18. The third kappa shape index (κ3) is 9.27. The Morgan fingerprint density at radius 1 is 1.36 bits per heavy atom. The maximum atomic E-state index is 7.95. The Morgan fingerprint density at radius 3 is 2.82 bits per heavy atom. The average Bonchev–Trinajstić information content (AvgIpc) is 2.03. The van der Waals surface area contributed by atoms with E-state index in [0.29, 0.717) is 6.54 Å². The summed E-state index contributed by atoms with van der Waals surface area (Å²) in [6.07, 6.45) is 3.26. The van der Waals surface area contributed by atoms with Crippen molar-refractivity contribution in [2.45, 2.75) is 26.2 Å². The lowest BCUT2D eigenvalue weighted by Crippen LogP contribution is -2.15. The van der Waals surface area contributed by atoms with Gasteiger partial charge < -0.3 is 5.32 Å². The Morgan fingerprint density at radius 2 is 2.18 bits per heavy atom. The van der Waals surface area contributed by atoms with E-state index >= 15 is 0 Å². The number of rotatable bonds is 7. The van der Waals surface area contributed by atoms with E-state index in [1.807, 2.05) is 0 Å². The van der Waals surface area contributed by atoms with E-state index in [1.54, 1.807) is 0 Å². The molecule has 0 atom stereocenters. The zero-order valence-electron chi connectivity index (χ0n) is 7.08.